The van der Waals surface area contributed by atoms with Gasteiger partial charge in [0.25, 0.3) is 0 Å². The topological polar surface area (TPSA) is 74.6 Å². The summed E-state index contributed by atoms with van der Waals surface area (Å²) in [6, 6.07) is 0. The second-order valence-electron chi connectivity index (χ2n) is 10.3. The van der Waals surface area contributed by atoms with Gasteiger partial charge in [0.1, 0.15) is 6.61 Å². The lowest BCUT2D eigenvalue weighted by Gasteiger charge is -2.67. The van der Waals surface area contributed by atoms with Gasteiger partial charge in [-0.3, -0.25) is 9.59 Å². The second kappa shape index (κ2) is 5.85. The second-order valence-corrected chi connectivity index (χ2v) is 10.3. The number of rotatable bonds is 2. The van der Waals surface area contributed by atoms with E-state index in [0.717, 1.165) is 5.57 Å². The normalized spacial score (nSPS) is 52.5. The van der Waals surface area contributed by atoms with Gasteiger partial charge in [0.05, 0.1) is 6.10 Å². The molecule has 3 fully saturated rings. The van der Waals surface area contributed by atoms with E-state index in [4.69, 9.17) is 0 Å². The van der Waals surface area contributed by atoms with Gasteiger partial charge in [0.2, 0.25) is 0 Å². The van der Waals surface area contributed by atoms with Crippen LogP contribution < -0.4 is 0 Å². The maximum absolute atomic E-state index is 17.2. The van der Waals surface area contributed by atoms with Crippen LogP contribution in [0, 0.1) is 34.0 Å². The molecule has 5 heteroatoms. The molecule has 4 aliphatic carbocycles. The summed E-state index contributed by atoms with van der Waals surface area (Å²) < 4.78 is 17.2. The van der Waals surface area contributed by atoms with Crippen LogP contribution in [0.4, 0.5) is 4.39 Å². The van der Waals surface area contributed by atoms with Gasteiger partial charge in [-0.15, -0.1) is 0 Å². The molecular formula is C23H31FO4. The zero-order chi connectivity index (χ0) is 20.7. The fraction of sp³-hybridized carbons (Fsp3) is 0.739. The average Bonchev–Trinajstić information content (AvgIpc) is 2.90. The van der Waals surface area contributed by atoms with Crippen molar-refractivity contribution in [1.29, 1.82) is 0 Å². The molecule has 0 aliphatic heterocycles. The molecule has 0 spiro atoms. The number of alkyl halides is 1. The van der Waals surface area contributed by atoms with Crippen molar-refractivity contribution in [3.8, 4) is 0 Å². The number of halogens is 1. The lowest BCUT2D eigenvalue weighted by Crippen LogP contribution is -2.71. The van der Waals surface area contributed by atoms with Gasteiger partial charge < -0.3 is 10.2 Å². The van der Waals surface area contributed by atoms with Crippen molar-refractivity contribution in [3.05, 3.63) is 23.8 Å². The summed E-state index contributed by atoms with van der Waals surface area (Å²) in [7, 11) is 0. The minimum Gasteiger partial charge on any atom is -0.390 e. The van der Waals surface area contributed by atoms with Gasteiger partial charge in [0.15, 0.2) is 17.2 Å². The lowest BCUT2D eigenvalue weighted by atomic mass is 9.39. The van der Waals surface area contributed by atoms with Gasteiger partial charge in [-0.2, -0.15) is 0 Å². The number of hydrogen-bond donors (Lipinski definition) is 2. The third-order valence-electron chi connectivity index (χ3n) is 9.11. The van der Waals surface area contributed by atoms with Gasteiger partial charge in [-0.25, -0.2) is 4.39 Å². The zero-order valence-corrected chi connectivity index (χ0v) is 17.2. The number of carbonyl (C=O) groups excluding carboxylic acids is 2. The van der Waals surface area contributed by atoms with Crippen LogP contribution in [0.2, 0.25) is 0 Å². The van der Waals surface area contributed by atoms with Gasteiger partial charge in [-0.05, 0) is 62.0 Å². The fourth-order valence-electron chi connectivity index (χ4n) is 7.98. The smallest absolute Gasteiger partial charge is 0.178 e. The molecule has 2 N–H and O–H groups in total. The summed E-state index contributed by atoms with van der Waals surface area (Å²) in [6.07, 6.45) is 5.42. The number of ketones is 2. The minimum absolute atomic E-state index is 0.0363. The number of allylic oxidation sites excluding steroid dienone is 4. The molecule has 0 bridgehead atoms. The van der Waals surface area contributed by atoms with E-state index < -0.39 is 34.6 Å². The molecule has 3 saturated carbocycles. The lowest BCUT2D eigenvalue weighted by molar-refractivity contribution is -0.240. The zero-order valence-electron chi connectivity index (χ0n) is 17.2. The molecule has 0 saturated heterocycles. The first-order valence-corrected chi connectivity index (χ1v) is 10.4. The number of hydrogen-bond acceptors (Lipinski definition) is 4. The summed E-state index contributed by atoms with van der Waals surface area (Å²) in [6.45, 7) is 7.23. The summed E-state index contributed by atoms with van der Waals surface area (Å²) in [5.74, 6) is -0.738. The van der Waals surface area contributed by atoms with E-state index >= 15 is 4.39 Å². The Labute approximate surface area is 165 Å². The maximum Gasteiger partial charge on any atom is 0.178 e. The molecule has 0 amide bonds. The van der Waals surface area contributed by atoms with Crippen LogP contribution in [0.25, 0.3) is 0 Å². The van der Waals surface area contributed by atoms with Crippen LogP contribution >= 0.6 is 0 Å². The van der Waals surface area contributed by atoms with Crippen molar-refractivity contribution in [2.24, 2.45) is 34.0 Å². The molecule has 0 aromatic rings. The third kappa shape index (κ3) is 2.07. The highest BCUT2D eigenvalue weighted by atomic mass is 19.1. The van der Waals surface area contributed by atoms with Crippen molar-refractivity contribution >= 4 is 11.6 Å². The van der Waals surface area contributed by atoms with Crippen LogP contribution in [0.15, 0.2) is 23.8 Å². The average molecular weight is 390 g/mol. The number of aliphatic hydroxyl groups excluding tert-OH is 2. The van der Waals surface area contributed by atoms with Gasteiger partial charge in [-0.1, -0.05) is 32.4 Å². The summed E-state index contributed by atoms with van der Waals surface area (Å²) >= 11 is 0. The standard InChI is InChI=1S/C23H31FO4/c1-13-9-17-20(2,19(13)16(27)12-25)11-18(28)23(24)21(3)8-6-15(26)10-14(21)5-7-22(17,23)4/h6,8,10,13,17-19,25,28H,5,7,9,11-12H2,1-4H3/t13-,17-,18+,19-,20+,21+,22+,23+/m1/s1. The number of Topliss-reactive ketones (excluding diaryl/α,β-unsaturated/α-hetero) is 1. The van der Waals surface area contributed by atoms with Gasteiger partial charge >= 0.3 is 0 Å². The molecule has 4 nitrogen and oxygen atoms in total. The monoisotopic (exact) mass is 390 g/mol. The first-order chi connectivity index (χ1) is 13.0. The first kappa shape index (κ1) is 20.0. The Morgan fingerprint density at radius 3 is 2.64 bits per heavy atom. The van der Waals surface area contributed by atoms with Crippen molar-refractivity contribution in [2.75, 3.05) is 6.61 Å². The van der Waals surface area contributed by atoms with Crippen molar-refractivity contribution < 1.29 is 24.2 Å². The molecule has 28 heavy (non-hydrogen) atoms. The Morgan fingerprint density at radius 1 is 1.32 bits per heavy atom. The maximum atomic E-state index is 17.2. The van der Waals surface area contributed by atoms with Crippen molar-refractivity contribution in [1.82, 2.24) is 0 Å². The Morgan fingerprint density at radius 2 is 2.00 bits per heavy atom. The molecule has 0 heterocycles. The van der Waals surface area contributed by atoms with Crippen LogP contribution in [0.3, 0.4) is 0 Å². The molecule has 0 radical (unpaired) electrons. The molecule has 0 aromatic carbocycles. The van der Waals surface area contributed by atoms with Gasteiger partial charge in [0, 0.05) is 16.7 Å². The fourth-order valence-corrected chi connectivity index (χ4v) is 7.98. The molecule has 4 aliphatic rings. The third-order valence-corrected chi connectivity index (χ3v) is 9.11. The molecule has 0 aromatic heterocycles. The van der Waals surface area contributed by atoms with Crippen molar-refractivity contribution in [3.63, 3.8) is 0 Å². The Hall–Kier alpha value is -1.33. The molecule has 4 rings (SSSR count). The summed E-state index contributed by atoms with van der Waals surface area (Å²) in [4.78, 5) is 24.5. The highest BCUT2D eigenvalue weighted by Crippen LogP contribution is 2.74. The van der Waals surface area contributed by atoms with E-state index in [-0.39, 0.29) is 35.7 Å². The number of fused-ring (bicyclic) bond motifs is 5. The SMILES string of the molecule is C[C@@H]1C[C@@H]2[C@](C)(C[C@H](O)[C@]3(F)[C@@]4(C)C=CC(=O)C=C4CC[C@@]23C)[C@H]1C(=O)CO. The van der Waals surface area contributed by atoms with Crippen LogP contribution in [-0.2, 0) is 9.59 Å². The highest BCUT2D eigenvalue weighted by Gasteiger charge is 2.76. The van der Waals surface area contributed by atoms with E-state index in [1.165, 1.54) is 12.2 Å². The number of aliphatic hydroxyl groups is 2. The van der Waals surface area contributed by atoms with Crippen LogP contribution in [0.1, 0.15) is 53.4 Å². The highest BCUT2D eigenvalue weighted by molar-refractivity contribution is 6.01. The quantitative estimate of drug-likeness (QED) is 0.759. The molecule has 0 unspecified atom stereocenters. The van der Waals surface area contributed by atoms with Crippen LogP contribution in [0.5, 0.6) is 0 Å². The van der Waals surface area contributed by atoms with E-state index in [9.17, 15) is 19.8 Å². The van der Waals surface area contributed by atoms with E-state index in [2.05, 4.69) is 0 Å². The molecule has 154 valence electrons. The summed E-state index contributed by atoms with van der Waals surface area (Å²) in [5, 5.41) is 20.8. The largest absolute Gasteiger partial charge is 0.390 e. The predicted molar refractivity (Wildman–Crippen MR) is 103 cm³/mol. The first-order valence-electron chi connectivity index (χ1n) is 10.4. The van der Waals surface area contributed by atoms with Crippen LogP contribution in [-0.4, -0.2) is 40.2 Å². The number of carbonyl (C=O) groups is 2. The predicted octanol–water partition coefficient (Wildman–Crippen LogP) is 3.17. The van der Waals surface area contributed by atoms with E-state index in [0.29, 0.717) is 19.3 Å². The summed E-state index contributed by atoms with van der Waals surface area (Å²) in [5.41, 5.74) is -3.56. The Balaban J connectivity index is 1.87. The Kier molecular flexibility index (Phi) is 4.17. The molecular weight excluding hydrogens is 359 g/mol. The van der Waals surface area contributed by atoms with Crippen molar-refractivity contribution in [2.45, 2.75) is 65.2 Å². The van der Waals surface area contributed by atoms with E-state index in [1.807, 2.05) is 20.8 Å². The minimum atomic E-state index is -1.91. The Bertz CT molecular complexity index is 802. The van der Waals surface area contributed by atoms with E-state index in [1.54, 1.807) is 13.0 Å². The molecule has 8 atom stereocenters.